The molecule has 0 unspecified atom stereocenters. The number of benzene rings is 2. The molecule has 1 atom stereocenters. The van der Waals surface area contributed by atoms with Crippen LogP contribution in [0.5, 0.6) is 11.5 Å². The highest BCUT2D eigenvalue weighted by Gasteiger charge is 2.19. The first-order chi connectivity index (χ1) is 12.4. The van der Waals surface area contributed by atoms with E-state index in [1.165, 1.54) is 14.0 Å². The molecule has 0 radical (unpaired) electrons. The van der Waals surface area contributed by atoms with Crippen LogP contribution in [0.2, 0.25) is 5.02 Å². The summed E-state index contributed by atoms with van der Waals surface area (Å²) in [5.74, 6) is -0.145. The Bertz CT molecular complexity index is 793. The van der Waals surface area contributed by atoms with Gasteiger partial charge in [-0.15, -0.1) is 0 Å². The van der Waals surface area contributed by atoms with Crippen molar-refractivity contribution in [3.63, 3.8) is 0 Å². The van der Waals surface area contributed by atoms with Gasteiger partial charge in [-0.2, -0.15) is 0 Å². The minimum absolute atomic E-state index is 0.290. The molecule has 0 aliphatic heterocycles. The van der Waals surface area contributed by atoms with Crippen LogP contribution < -0.4 is 14.8 Å². The van der Waals surface area contributed by atoms with Crippen LogP contribution in [0, 0.1) is 6.92 Å². The van der Waals surface area contributed by atoms with Crippen molar-refractivity contribution >= 4 is 29.2 Å². The summed E-state index contributed by atoms with van der Waals surface area (Å²) in [4.78, 5) is 24.1. The number of carbonyl (C=O) groups is 2. The van der Waals surface area contributed by atoms with Gasteiger partial charge in [0.1, 0.15) is 11.5 Å². The van der Waals surface area contributed by atoms with E-state index in [1.54, 1.807) is 30.3 Å². The third-order valence-corrected chi connectivity index (χ3v) is 3.68. The number of methoxy groups -OCH3 is 1. The van der Waals surface area contributed by atoms with Crippen LogP contribution in [0.3, 0.4) is 0 Å². The normalized spacial score (nSPS) is 11.4. The minimum atomic E-state index is -1.01. The Morgan fingerprint density at radius 1 is 1.19 bits per heavy atom. The molecule has 6 nitrogen and oxygen atoms in total. The Morgan fingerprint density at radius 2 is 1.96 bits per heavy atom. The maximum Gasteiger partial charge on any atom is 0.344 e. The van der Waals surface area contributed by atoms with Crippen LogP contribution in [-0.4, -0.2) is 31.7 Å². The van der Waals surface area contributed by atoms with Gasteiger partial charge in [0.25, 0.3) is 5.91 Å². The van der Waals surface area contributed by atoms with Crippen LogP contribution >= 0.6 is 11.6 Å². The Morgan fingerprint density at radius 3 is 2.65 bits per heavy atom. The summed E-state index contributed by atoms with van der Waals surface area (Å²) in [7, 11) is 1.48. The van der Waals surface area contributed by atoms with E-state index in [-0.39, 0.29) is 6.61 Å². The number of nitrogens with one attached hydrogen (secondary N) is 1. The van der Waals surface area contributed by atoms with E-state index in [2.05, 4.69) is 5.32 Å². The second kappa shape index (κ2) is 9.10. The van der Waals surface area contributed by atoms with Crippen molar-refractivity contribution in [1.82, 2.24) is 0 Å². The van der Waals surface area contributed by atoms with E-state index in [9.17, 15) is 9.59 Å². The topological polar surface area (TPSA) is 73.9 Å². The molecule has 0 saturated carbocycles. The van der Waals surface area contributed by atoms with Gasteiger partial charge in [-0.05, 0) is 49.7 Å². The van der Waals surface area contributed by atoms with E-state index in [1.807, 2.05) is 19.1 Å². The first kappa shape index (κ1) is 19.6. The van der Waals surface area contributed by atoms with Gasteiger partial charge in [0, 0.05) is 5.02 Å². The van der Waals surface area contributed by atoms with E-state index in [0.29, 0.717) is 22.2 Å². The fourth-order valence-corrected chi connectivity index (χ4v) is 2.32. The van der Waals surface area contributed by atoms with Crippen LogP contribution in [0.15, 0.2) is 42.5 Å². The van der Waals surface area contributed by atoms with Gasteiger partial charge < -0.3 is 19.5 Å². The molecule has 0 bridgehead atoms. The molecular formula is C19H20ClNO5. The lowest BCUT2D eigenvalue weighted by Gasteiger charge is -2.15. The molecule has 26 heavy (non-hydrogen) atoms. The van der Waals surface area contributed by atoms with Crippen LogP contribution in [-0.2, 0) is 14.3 Å². The summed E-state index contributed by atoms with van der Waals surface area (Å²) in [6, 6.07) is 12.1. The quantitative estimate of drug-likeness (QED) is 0.746. The molecule has 138 valence electrons. The number of hydrogen-bond acceptors (Lipinski definition) is 5. The average Bonchev–Trinajstić information content (AvgIpc) is 2.60. The van der Waals surface area contributed by atoms with Crippen molar-refractivity contribution in [1.29, 1.82) is 0 Å². The number of anilines is 1. The Labute approximate surface area is 157 Å². The maximum absolute atomic E-state index is 12.2. The lowest BCUT2D eigenvalue weighted by molar-refractivity contribution is -0.155. The number of rotatable bonds is 7. The number of ether oxygens (including phenoxy) is 3. The van der Waals surface area contributed by atoms with Crippen molar-refractivity contribution in [3.05, 3.63) is 53.1 Å². The predicted octanol–water partition coefficient (Wildman–Crippen LogP) is 3.61. The predicted molar refractivity (Wildman–Crippen MR) is 98.9 cm³/mol. The van der Waals surface area contributed by atoms with E-state index in [0.717, 1.165) is 5.56 Å². The first-order valence-corrected chi connectivity index (χ1v) is 8.30. The molecule has 1 amide bonds. The van der Waals surface area contributed by atoms with Crippen LogP contribution in [0.25, 0.3) is 0 Å². The standard InChI is InChI=1S/C19H20ClNO5/c1-12-5-4-6-15(9-12)25-11-18(22)26-13(2)19(23)21-16-10-14(20)7-8-17(16)24-3/h4-10,13H,11H2,1-3H3,(H,21,23)/t13-/m0/s1. The largest absolute Gasteiger partial charge is 0.495 e. The van der Waals surface area contributed by atoms with Gasteiger partial charge in [-0.1, -0.05) is 23.7 Å². The summed E-state index contributed by atoms with van der Waals surface area (Å²) in [6.45, 7) is 3.10. The number of aryl methyl sites for hydroxylation is 1. The number of halogens is 1. The summed E-state index contributed by atoms with van der Waals surface area (Å²) in [6.07, 6.45) is -1.01. The highest BCUT2D eigenvalue weighted by molar-refractivity contribution is 6.31. The summed E-state index contributed by atoms with van der Waals surface area (Å²) in [5.41, 5.74) is 1.41. The molecule has 0 aliphatic carbocycles. The zero-order valence-corrected chi connectivity index (χ0v) is 15.5. The molecule has 2 aromatic rings. The molecule has 0 saturated heterocycles. The van der Waals surface area contributed by atoms with Crippen LogP contribution in [0.1, 0.15) is 12.5 Å². The molecule has 0 aliphatic rings. The van der Waals surface area contributed by atoms with E-state index >= 15 is 0 Å². The molecule has 0 heterocycles. The van der Waals surface area contributed by atoms with Gasteiger partial charge in [0.05, 0.1) is 12.8 Å². The Kier molecular flexibility index (Phi) is 6.86. The molecular weight excluding hydrogens is 358 g/mol. The second-order valence-corrected chi connectivity index (χ2v) is 6.01. The van der Waals surface area contributed by atoms with Crippen molar-refractivity contribution in [2.45, 2.75) is 20.0 Å². The molecule has 7 heteroatoms. The van der Waals surface area contributed by atoms with Crippen molar-refractivity contribution in [2.75, 3.05) is 19.0 Å². The molecule has 0 spiro atoms. The fraction of sp³-hybridized carbons (Fsp3) is 0.263. The lowest BCUT2D eigenvalue weighted by atomic mass is 10.2. The molecule has 0 fully saturated rings. The highest BCUT2D eigenvalue weighted by atomic mass is 35.5. The van der Waals surface area contributed by atoms with Crippen molar-refractivity contribution < 1.29 is 23.8 Å². The van der Waals surface area contributed by atoms with Gasteiger partial charge >= 0.3 is 5.97 Å². The van der Waals surface area contributed by atoms with E-state index in [4.69, 9.17) is 25.8 Å². The van der Waals surface area contributed by atoms with Gasteiger partial charge in [-0.3, -0.25) is 4.79 Å². The van der Waals surface area contributed by atoms with Gasteiger partial charge in [-0.25, -0.2) is 4.79 Å². The average molecular weight is 378 g/mol. The molecule has 2 rings (SSSR count). The highest BCUT2D eigenvalue weighted by Crippen LogP contribution is 2.27. The van der Waals surface area contributed by atoms with Crippen molar-refractivity contribution in [2.24, 2.45) is 0 Å². The second-order valence-electron chi connectivity index (χ2n) is 5.57. The monoisotopic (exact) mass is 377 g/mol. The summed E-state index contributed by atoms with van der Waals surface area (Å²) >= 11 is 5.92. The first-order valence-electron chi connectivity index (χ1n) is 7.92. The summed E-state index contributed by atoms with van der Waals surface area (Å²) < 4.78 is 15.6. The van der Waals surface area contributed by atoms with Crippen molar-refractivity contribution in [3.8, 4) is 11.5 Å². The van der Waals surface area contributed by atoms with Crippen LogP contribution in [0.4, 0.5) is 5.69 Å². The number of esters is 1. The lowest BCUT2D eigenvalue weighted by Crippen LogP contribution is -2.31. The third kappa shape index (κ3) is 5.67. The summed E-state index contributed by atoms with van der Waals surface area (Å²) in [5, 5.41) is 3.06. The number of hydrogen-bond donors (Lipinski definition) is 1. The number of amides is 1. The molecule has 2 aromatic carbocycles. The Balaban J connectivity index is 1.88. The Hall–Kier alpha value is -2.73. The van der Waals surface area contributed by atoms with E-state index < -0.39 is 18.0 Å². The minimum Gasteiger partial charge on any atom is -0.495 e. The molecule has 0 aromatic heterocycles. The smallest absolute Gasteiger partial charge is 0.344 e. The SMILES string of the molecule is COc1ccc(Cl)cc1NC(=O)[C@H](C)OC(=O)COc1cccc(C)c1. The fourth-order valence-electron chi connectivity index (χ4n) is 2.14. The zero-order valence-electron chi connectivity index (χ0n) is 14.7. The number of carbonyl (C=O) groups excluding carboxylic acids is 2. The third-order valence-electron chi connectivity index (χ3n) is 3.44. The zero-order chi connectivity index (χ0) is 19.1. The van der Waals surface area contributed by atoms with Gasteiger partial charge in [0.15, 0.2) is 12.7 Å². The maximum atomic E-state index is 12.2. The molecule has 1 N–H and O–H groups in total. The van der Waals surface area contributed by atoms with Gasteiger partial charge in [0.2, 0.25) is 0 Å².